The number of amides is 1. The molecule has 0 saturated carbocycles. The number of aryl methyl sites for hydroxylation is 1. The van der Waals surface area contributed by atoms with Gasteiger partial charge in [0.1, 0.15) is 24.2 Å². The Bertz CT molecular complexity index is 1130. The Morgan fingerprint density at radius 2 is 2.06 bits per heavy atom. The van der Waals surface area contributed by atoms with Gasteiger partial charge in [0, 0.05) is 19.9 Å². The minimum absolute atomic E-state index is 0.00298. The van der Waals surface area contributed by atoms with E-state index in [0.717, 1.165) is 11.1 Å². The van der Waals surface area contributed by atoms with E-state index in [9.17, 15) is 14.7 Å². The first-order chi connectivity index (χ1) is 15.9. The molecule has 0 radical (unpaired) electrons. The van der Waals surface area contributed by atoms with Crippen LogP contribution in [0.3, 0.4) is 0 Å². The number of carboxylic acid groups (broad SMARTS) is 1. The third kappa shape index (κ3) is 5.36. The lowest BCUT2D eigenvalue weighted by molar-refractivity contribution is -0.137. The van der Waals surface area contributed by atoms with Crippen LogP contribution in [0.25, 0.3) is 0 Å². The van der Waals surface area contributed by atoms with Gasteiger partial charge in [-0.1, -0.05) is 36.4 Å². The predicted molar refractivity (Wildman–Crippen MR) is 119 cm³/mol. The number of aliphatic hydroxyl groups excluding tert-OH is 1. The van der Waals surface area contributed by atoms with Crippen molar-refractivity contribution in [3.8, 4) is 5.75 Å². The fraction of sp³-hybridized carbons (Fsp3) is 0.304. The first-order valence-electron chi connectivity index (χ1n) is 10.5. The van der Waals surface area contributed by atoms with Gasteiger partial charge in [-0.05, 0) is 29.7 Å². The van der Waals surface area contributed by atoms with Crippen LogP contribution in [0.1, 0.15) is 35.4 Å². The molecule has 4 rings (SSSR count). The van der Waals surface area contributed by atoms with E-state index >= 15 is 0 Å². The Hall–Kier alpha value is -3.76. The van der Waals surface area contributed by atoms with Gasteiger partial charge in [-0.25, -0.2) is 4.98 Å². The lowest BCUT2D eigenvalue weighted by Crippen LogP contribution is -2.48. The number of fused-ring (bicyclic) bond motifs is 1. The van der Waals surface area contributed by atoms with Gasteiger partial charge in [-0.15, -0.1) is 0 Å². The lowest BCUT2D eigenvalue weighted by atomic mass is 10.1. The second-order valence-electron chi connectivity index (χ2n) is 7.83. The standard InChI is InChI=1S/C23H25N5O5/c1-28-17-11-15(8-10-20(29)30)7-9-18(17)33-13-16(23(28)32)24-22(31)21-25-19(26-27-21)12-14-5-3-2-4-6-14/h2-7,9,11,16,22,24,31H,8,10,12-13H2,1H3,(H,29,30)(H,25,26,27). The molecule has 10 nitrogen and oxygen atoms in total. The number of aromatic nitrogens is 3. The van der Waals surface area contributed by atoms with E-state index < -0.39 is 18.2 Å². The fourth-order valence-corrected chi connectivity index (χ4v) is 3.64. The normalized spacial score (nSPS) is 16.6. The number of benzene rings is 2. The summed E-state index contributed by atoms with van der Waals surface area (Å²) in [6, 6.07) is 14.2. The van der Waals surface area contributed by atoms with E-state index in [4.69, 9.17) is 9.84 Å². The number of carboxylic acids is 1. The van der Waals surface area contributed by atoms with E-state index in [0.29, 0.717) is 30.1 Å². The Morgan fingerprint density at radius 1 is 1.27 bits per heavy atom. The summed E-state index contributed by atoms with van der Waals surface area (Å²) in [5.74, 6) is 0.0470. The zero-order chi connectivity index (χ0) is 23.4. The molecule has 0 spiro atoms. The van der Waals surface area contributed by atoms with E-state index in [1.54, 1.807) is 25.2 Å². The van der Waals surface area contributed by atoms with Gasteiger partial charge in [0.25, 0.3) is 0 Å². The molecule has 1 aliphatic rings. The molecule has 0 bridgehead atoms. The van der Waals surface area contributed by atoms with Crippen molar-refractivity contribution in [2.45, 2.75) is 31.5 Å². The number of nitrogens with zero attached hydrogens (tertiary/aromatic N) is 3. The molecule has 3 aromatic rings. The predicted octanol–water partition coefficient (Wildman–Crippen LogP) is 1.42. The highest BCUT2D eigenvalue weighted by atomic mass is 16.5. The van der Waals surface area contributed by atoms with Crippen molar-refractivity contribution in [1.82, 2.24) is 20.5 Å². The van der Waals surface area contributed by atoms with E-state index in [-0.39, 0.29) is 24.8 Å². The first-order valence-corrected chi connectivity index (χ1v) is 10.5. The summed E-state index contributed by atoms with van der Waals surface area (Å²) in [5, 5.41) is 29.2. The molecule has 172 valence electrons. The van der Waals surface area contributed by atoms with Crippen LogP contribution in [-0.4, -0.2) is 57.0 Å². The molecule has 0 aliphatic carbocycles. The third-order valence-electron chi connectivity index (χ3n) is 5.41. The number of carbonyl (C=O) groups excluding carboxylic acids is 1. The molecule has 4 N–H and O–H groups in total. The number of likely N-dealkylation sites (N-methyl/N-ethyl adjacent to an activating group) is 1. The highest BCUT2D eigenvalue weighted by Crippen LogP contribution is 2.32. The van der Waals surface area contributed by atoms with Crippen molar-refractivity contribution >= 4 is 17.6 Å². The summed E-state index contributed by atoms with van der Waals surface area (Å²) in [4.78, 5) is 29.7. The summed E-state index contributed by atoms with van der Waals surface area (Å²) in [6.07, 6.45) is -0.393. The number of carbonyl (C=O) groups is 2. The van der Waals surface area contributed by atoms with Crippen LogP contribution in [0.2, 0.25) is 0 Å². The summed E-state index contributed by atoms with van der Waals surface area (Å²) in [5.41, 5.74) is 2.39. The second-order valence-corrected chi connectivity index (χ2v) is 7.83. The highest BCUT2D eigenvalue weighted by Gasteiger charge is 2.32. The number of aromatic amines is 1. The molecule has 2 heterocycles. The molecule has 1 aliphatic heterocycles. The molecule has 0 fully saturated rings. The number of ether oxygens (including phenoxy) is 1. The molecule has 2 unspecified atom stereocenters. The summed E-state index contributed by atoms with van der Waals surface area (Å²) < 4.78 is 5.80. The average molecular weight is 451 g/mol. The third-order valence-corrected chi connectivity index (χ3v) is 5.41. The zero-order valence-electron chi connectivity index (χ0n) is 18.1. The number of anilines is 1. The maximum Gasteiger partial charge on any atom is 0.303 e. The topological polar surface area (TPSA) is 141 Å². The lowest BCUT2D eigenvalue weighted by Gasteiger charge is -2.22. The number of H-pyrrole nitrogens is 1. The van der Waals surface area contributed by atoms with E-state index in [1.807, 2.05) is 30.3 Å². The maximum absolute atomic E-state index is 13.0. The van der Waals surface area contributed by atoms with Gasteiger partial charge >= 0.3 is 5.97 Å². The average Bonchev–Trinajstić information content (AvgIpc) is 3.24. The molecule has 1 amide bonds. The molecule has 10 heteroatoms. The molecule has 33 heavy (non-hydrogen) atoms. The van der Waals surface area contributed by atoms with E-state index in [2.05, 4.69) is 20.5 Å². The first kappa shape index (κ1) is 22.4. The SMILES string of the molecule is CN1C(=O)C(NC(O)c2n[nH]c(Cc3ccccc3)n2)COc2ccc(CCC(=O)O)cc21. The Morgan fingerprint density at radius 3 is 2.82 bits per heavy atom. The zero-order valence-corrected chi connectivity index (χ0v) is 18.1. The summed E-state index contributed by atoms with van der Waals surface area (Å²) in [7, 11) is 1.61. The van der Waals surface area contributed by atoms with Crippen LogP contribution >= 0.6 is 0 Å². The smallest absolute Gasteiger partial charge is 0.303 e. The van der Waals surface area contributed by atoms with Crippen LogP contribution in [0.4, 0.5) is 5.69 Å². The van der Waals surface area contributed by atoms with Crippen molar-refractivity contribution in [2.24, 2.45) is 0 Å². The Balaban J connectivity index is 1.42. The minimum Gasteiger partial charge on any atom is -0.489 e. The molecule has 1 aromatic heterocycles. The van der Waals surface area contributed by atoms with Crippen molar-refractivity contribution < 1.29 is 24.5 Å². The summed E-state index contributed by atoms with van der Waals surface area (Å²) >= 11 is 0. The van der Waals surface area contributed by atoms with Gasteiger partial charge in [0.05, 0.1) is 5.69 Å². The van der Waals surface area contributed by atoms with Crippen molar-refractivity contribution in [1.29, 1.82) is 0 Å². The number of hydrogen-bond acceptors (Lipinski definition) is 7. The monoisotopic (exact) mass is 451 g/mol. The van der Waals surface area contributed by atoms with Crippen LogP contribution in [-0.2, 0) is 22.4 Å². The van der Waals surface area contributed by atoms with Gasteiger partial charge in [0.2, 0.25) is 5.91 Å². The Kier molecular flexibility index (Phi) is 6.66. The van der Waals surface area contributed by atoms with Gasteiger partial charge in [-0.3, -0.25) is 20.0 Å². The second kappa shape index (κ2) is 9.80. The number of rotatable bonds is 8. The van der Waals surface area contributed by atoms with Crippen LogP contribution in [0.5, 0.6) is 5.75 Å². The number of hydrogen-bond donors (Lipinski definition) is 4. The minimum atomic E-state index is -1.27. The van der Waals surface area contributed by atoms with Gasteiger partial charge < -0.3 is 19.8 Å². The van der Waals surface area contributed by atoms with Gasteiger partial charge in [-0.2, -0.15) is 5.10 Å². The fourth-order valence-electron chi connectivity index (χ4n) is 3.64. The van der Waals surface area contributed by atoms with Crippen molar-refractivity contribution in [3.63, 3.8) is 0 Å². The van der Waals surface area contributed by atoms with Crippen LogP contribution < -0.4 is 15.0 Å². The molecule has 2 aromatic carbocycles. The molecule has 0 saturated heterocycles. The number of aliphatic carboxylic acids is 1. The van der Waals surface area contributed by atoms with Crippen LogP contribution in [0, 0.1) is 0 Å². The van der Waals surface area contributed by atoms with Crippen molar-refractivity contribution in [3.05, 3.63) is 71.3 Å². The highest BCUT2D eigenvalue weighted by molar-refractivity contribution is 5.99. The number of nitrogens with one attached hydrogen (secondary N) is 2. The number of aliphatic hydroxyl groups is 1. The van der Waals surface area contributed by atoms with E-state index in [1.165, 1.54) is 4.90 Å². The Labute approximate surface area is 190 Å². The van der Waals surface area contributed by atoms with Crippen molar-refractivity contribution in [2.75, 3.05) is 18.6 Å². The largest absolute Gasteiger partial charge is 0.489 e. The van der Waals surface area contributed by atoms with Crippen LogP contribution in [0.15, 0.2) is 48.5 Å². The maximum atomic E-state index is 13.0. The quantitative estimate of drug-likeness (QED) is 0.377. The summed E-state index contributed by atoms with van der Waals surface area (Å²) in [6.45, 7) is 0.00298. The molecular formula is C23H25N5O5. The molecular weight excluding hydrogens is 426 g/mol. The molecule has 2 atom stereocenters. The van der Waals surface area contributed by atoms with Gasteiger partial charge in [0.15, 0.2) is 12.1 Å².